The average Bonchev–Trinajstić information content (AvgIpc) is 2.76. The molecule has 0 saturated carbocycles. The highest BCUT2D eigenvalue weighted by Crippen LogP contribution is 2.13. The number of nitrogens with zero attached hydrogens (tertiary/aromatic N) is 4. The molecule has 0 aliphatic carbocycles. The minimum absolute atomic E-state index is 0.444. The number of aryl methyl sites for hydroxylation is 1. The maximum absolute atomic E-state index is 5.71. The summed E-state index contributed by atoms with van der Waals surface area (Å²) in [5.41, 5.74) is 8.76. The van der Waals surface area contributed by atoms with Crippen LogP contribution in [-0.2, 0) is 20.1 Å². The van der Waals surface area contributed by atoms with Crippen molar-refractivity contribution in [2.75, 3.05) is 5.73 Å². The fourth-order valence-corrected chi connectivity index (χ4v) is 1.95. The Morgan fingerprint density at radius 2 is 1.89 bits per heavy atom. The first-order valence-electron chi connectivity index (χ1n) is 6.48. The standard InChI is InChI=1S/C14H21N5/c1-11(2)19(10-14-9-18(3)17-16-14)8-12-4-6-13(15)7-5-12/h4-7,9,11H,8,10,15H2,1-3H3. The Labute approximate surface area is 114 Å². The zero-order chi connectivity index (χ0) is 13.8. The Balaban J connectivity index is 2.06. The summed E-state index contributed by atoms with van der Waals surface area (Å²) in [5, 5.41) is 8.12. The summed E-state index contributed by atoms with van der Waals surface area (Å²) < 4.78 is 1.73. The number of nitrogens with two attached hydrogens (primary N) is 1. The molecule has 0 bridgehead atoms. The molecular formula is C14H21N5. The van der Waals surface area contributed by atoms with Crippen molar-refractivity contribution in [2.45, 2.75) is 33.0 Å². The molecule has 0 radical (unpaired) electrons. The van der Waals surface area contributed by atoms with Crippen LogP contribution in [0.1, 0.15) is 25.1 Å². The Bertz CT molecular complexity index is 515. The largest absolute Gasteiger partial charge is 0.399 e. The molecule has 1 aromatic carbocycles. The Kier molecular flexibility index (Phi) is 4.16. The SMILES string of the molecule is CC(C)N(Cc1ccc(N)cc1)Cc1cn(C)nn1. The number of anilines is 1. The minimum atomic E-state index is 0.444. The van der Waals surface area contributed by atoms with Crippen molar-refractivity contribution < 1.29 is 0 Å². The van der Waals surface area contributed by atoms with Gasteiger partial charge in [-0.3, -0.25) is 9.58 Å². The van der Waals surface area contributed by atoms with Gasteiger partial charge in [-0.05, 0) is 31.5 Å². The molecule has 0 fully saturated rings. The van der Waals surface area contributed by atoms with Gasteiger partial charge in [-0.15, -0.1) is 5.10 Å². The third kappa shape index (κ3) is 3.79. The van der Waals surface area contributed by atoms with Gasteiger partial charge in [0, 0.05) is 38.1 Å². The van der Waals surface area contributed by atoms with Crippen LogP contribution < -0.4 is 5.73 Å². The molecule has 0 saturated heterocycles. The average molecular weight is 259 g/mol. The Morgan fingerprint density at radius 3 is 2.42 bits per heavy atom. The number of hydrogen-bond donors (Lipinski definition) is 1. The van der Waals surface area contributed by atoms with Crippen molar-refractivity contribution in [1.29, 1.82) is 0 Å². The predicted octanol–water partition coefficient (Wildman–Crippen LogP) is 1.81. The van der Waals surface area contributed by atoms with Gasteiger partial charge in [0.05, 0.1) is 5.69 Å². The van der Waals surface area contributed by atoms with E-state index in [-0.39, 0.29) is 0 Å². The fourth-order valence-electron chi connectivity index (χ4n) is 1.95. The molecule has 0 spiro atoms. The first kappa shape index (κ1) is 13.5. The van der Waals surface area contributed by atoms with Crippen molar-refractivity contribution in [3.05, 3.63) is 41.7 Å². The molecule has 5 heteroatoms. The Morgan fingerprint density at radius 1 is 1.21 bits per heavy atom. The van der Waals surface area contributed by atoms with Gasteiger partial charge in [-0.2, -0.15) is 0 Å². The molecule has 0 unspecified atom stereocenters. The van der Waals surface area contributed by atoms with Gasteiger partial charge in [0.1, 0.15) is 0 Å². The number of aromatic nitrogens is 3. The highest BCUT2D eigenvalue weighted by molar-refractivity contribution is 5.39. The van der Waals surface area contributed by atoms with E-state index >= 15 is 0 Å². The van der Waals surface area contributed by atoms with E-state index in [9.17, 15) is 0 Å². The van der Waals surface area contributed by atoms with Gasteiger partial charge in [0.25, 0.3) is 0 Å². The topological polar surface area (TPSA) is 60.0 Å². The molecule has 2 aromatic rings. The lowest BCUT2D eigenvalue weighted by Crippen LogP contribution is -2.30. The molecular weight excluding hydrogens is 238 g/mol. The third-order valence-electron chi connectivity index (χ3n) is 3.11. The number of nitrogen functional groups attached to an aromatic ring is 1. The molecule has 102 valence electrons. The normalized spacial score (nSPS) is 11.4. The number of benzene rings is 1. The Hall–Kier alpha value is -1.88. The van der Waals surface area contributed by atoms with E-state index in [0.29, 0.717) is 6.04 Å². The van der Waals surface area contributed by atoms with Crippen LogP contribution in [0.3, 0.4) is 0 Å². The fraction of sp³-hybridized carbons (Fsp3) is 0.429. The molecule has 2 rings (SSSR count). The highest BCUT2D eigenvalue weighted by Gasteiger charge is 2.12. The minimum Gasteiger partial charge on any atom is -0.399 e. The molecule has 5 nitrogen and oxygen atoms in total. The van der Waals surface area contributed by atoms with Crippen LogP contribution in [0.5, 0.6) is 0 Å². The summed E-state index contributed by atoms with van der Waals surface area (Å²) in [6.07, 6.45) is 1.96. The summed E-state index contributed by atoms with van der Waals surface area (Å²) in [5.74, 6) is 0. The lowest BCUT2D eigenvalue weighted by atomic mass is 10.1. The van der Waals surface area contributed by atoms with Gasteiger partial charge in [-0.1, -0.05) is 17.3 Å². The molecule has 2 N–H and O–H groups in total. The van der Waals surface area contributed by atoms with Gasteiger partial charge < -0.3 is 5.73 Å². The second-order valence-electron chi connectivity index (χ2n) is 5.12. The lowest BCUT2D eigenvalue weighted by Gasteiger charge is -2.25. The molecule has 0 aliphatic rings. The summed E-state index contributed by atoms with van der Waals surface area (Å²) in [6, 6.07) is 8.47. The van der Waals surface area contributed by atoms with Gasteiger partial charge in [-0.25, -0.2) is 0 Å². The van der Waals surface area contributed by atoms with Crippen LogP contribution in [0.4, 0.5) is 5.69 Å². The van der Waals surface area contributed by atoms with Crippen molar-refractivity contribution in [3.8, 4) is 0 Å². The zero-order valence-corrected chi connectivity index (χ0v) is 11.7. The van der Waals surface area contributed by atoms with Crippen molar-refractivity contribution in [2.24, 2.45) is 7.05 Å². The van der Waals surface area contributed by atoms with Gasteiger partial charge in [0.2, 0.25) is 0 Å². The second-order valence-corrected chi connectivity index (χ2v) is 5.12. The van der Waals surface area contributed by atoms with E-state index in [2.05, 4.69) is 41.2 Å². The predicted molar refractivity (Wildman–Crippen MR) is 76.2 cm³/mol. The smallest absolute Gasteiger partial charge is 0.0967 e. The van der Waals surface area contributed by atoms with E-state index in [4.69, 9.17) is 5.73 Å². The van der Waals surface area contributed by atoms with Crippen LogP contribution in [0.15, 0.2) is 30.5 Å². The van der Waals surface area contributed by atoms with Crippen LogP contribution in [0.2, 0.25) is 0 Å². The first-order valence-corrected chi connectivity index (χ1v) is 6.48. The van der Waals surface area contributed by atoms with E-state index in [1.165, 1.54) is 5.56 Å². The lowest BCUT2D eigenvalue weighted by molar-refractivity contribution is 0.201. The zero-order valence-electron chi connectivity index (χ0n) is 11.7. The molecule has 0 amide bonds. The number of rotatable bonds is 5. The highest BCUT2D eigenvalue weighted by atomic mass is 15.4. The molecule has 0 aliphatic heterocycles. The van der Waals surface area contributed by atoms with E-state index < -0.39 is 0 Å². The molecule has 19 heavy (non-hydrogen) atoms. The quantitative estimate of drug-likeness (QED) is 0.832. The van der Waals surface area contributed by atoms with E-state index in [1.807, 2.05) is 25.4 Å². The van der Waals surface area contributed by atoms with Gasteiger partial charge in [0.15, 0.2) is 0 Å². The first-order chi connectivity index (χ1) is 9.04. The summed E-state index contributed by atoms with van der Waals surface area (Å²) in [6.45, 7) is 6.06. The van der Waals surface area contributed by atoms with Crippen molar-refractivity contribution in [1.82, 2.24) is 19.9 Å². The summed E-state index contributed by atoms with van der Waals surface area (Å²) in [4.78, 5) is 2.36. The summed E-state index contributed by atoms with van der Waals surface area (Å²) in [7, 11) is 1.89. The maximum atomic E-state index is 5.71. The molecule has 1 heterocycles. The van der Waals surface area contributed by atoms with E-state index in [1.54, 1.807) is 4.68 Å². The molecule has 0 atom stereocenters. The van der Waals surface area contributed by atoms with Crippen LogP contribution in [0.25, 0.3) is 0 Å². The van der Waals surface area contributed by atoms with Crippen molar-refractivity contribution in [3.63, 3.8) is 0 Å². The van der Waals surface area contributed by atoms with Crippen LogP contribution in [0, 0.1) is 0 Å². The summed E-state index contributed by atoms with van der Waals surface area (Å²) >= 11 is 0. The van der Waals surface area contributed by atoms with Crippen molar-refractivity contribution >= 4 is 5.69 Å². The van der Waals surface area contributed by atoms with Crippen LogP contribution in [-0.4, -0.2) is 25.9 Å². The maximum Gasteiger partial charge on any atom is 0.0967 e. The second kappa shape index (κ2) is 5.84. The van der Waals surface area contributed by atoms with Gasteiger partial charge >= 0.3 is 0 Å². The van der Waals surface area contributed by atoms with Crippen LogP contribution >= 0.6 is 0 Å². The molecule has 1 aromatic heterocycles. The van der Waals surface area contributed by atoms with E-state index in [0.717, 1.165) is 24.5 Å². The number of hydrogen-bond acceptors (Lipinski definition) is 4. The third-order valence-corrected chi connectivity index (χ3v) is 3.11. The monoisotopic (exact) mass is 259 g/mol.